The van der Waals surface area contributed by atoms with E-state index < -0.39 is 0 Å². The van der Waals surface area contributed by atoms with Gasteiger partial charge in [-0.3, -0.25) is 0 Å². The van der Waals surface area contributed by atoms with Crippen molar-refractivity contribution in [3.63, 3.8) is 0 Å². The van der Waals surface area contributed by atoms with E-state index in [-0.39, 0.29) is 0 Å². The van der Waals surface area contributed by atoms with Crippen molar-refractivity contribution < 1.29 is 0 Å². The van der Waals surface area contributed by atoms with Crippen LogP contribution in [-0.2, 0) is 0 Å². The molecule has 0 fully saturated rings. The van der Waals surface area contributed by atoms with Crippen LogP contribution in [0, 0.1) is 18.3 Å². The minimum Gasteiger partial charge on any atom is -0.358 e. The van der Waals surface area contributed by atoms with Gasteiger partial charge in [0, 0.05) is 16.4 Å². The molecule has 22 heavy (non-hydrogen) atoms. The van der Waals surface area contributed by atoms with E-state index in [2.05, 4.69) is 37.4 Å². The van der Waals surface area contributed by atoms with Crippen molar-refractivity contribution in [3.05, 3.63) is 70.4 Å². The first-order chi connectivity index (χ1) is 10.6. The maximum atomic E-state index is 9.59. The summed E-state index contributed by atoms with van der Waals surface area (Å²) >= 11 is 5.93. The Morgan fingerprint density at radius 2 is 1.73 bits per heavy atom. The molecule has 3 heteroatoms. The molecule has 0 amide bonds. The zero-order valence-electron chi connectivity index (χ0n) is 12.9. The van der Waals surface area contributed by atoms with Gasteiger partial charge in [0.1, 0.15) is 6.07 Å². The van der Waals surface area contributed by atoms with Crippen molar-refractivity contribution in [1.29, 1.82) is 5.26 Å². The molecule has 0 aliphatic heterocycles. The van der Waals surface area contributed by atoms with Crippen molar-refractivity contribution in [2.45, 2.75) is 26.7 Å². The summed E-state index contributed by atoms with van der Waals surface area (Å²) in [5, 5.41) is 13.7. The fourth-order valence-corrected chi connectivity index (χ4v) is 2.36. The second-order valence-electron chi connectivity index (χ2n) is 5.21. The first-order valence-corrected chi connectivity index (χ1v) is 7.74. The number of halogens is 1. The Balaban J connectivity index is 2.39. The van der Waals surface area contributed by atoms with Gasteiger partial charge in [-0.1, -0.05) is 54.8 Å². The molecule has 0 bridgehead atoms. The molecule has 2 aromatic carbocycles. The number of anilines is 1. The maximum absolute atomic E-state index is 9.59. The summed E-state index contributed by atoms with van der Waals surface area (Å²) in [6.07, 6.45) is 1.78. The zero-order chi connectivity index (χ0) is 15.9. The summed E-state index contributed by atoms with van der Waals surface area (Å²) in [5.41, 5.74) is 4.70. The molecule has 0 unspecified atom stereocenters. The van der Waals surface area contributed by atoms with Crippen LogP contribution in [0.2, 0.25) is 5.02 Å². The van der Waals surface area contributed by atoms with Crippen LogP contribution < -0.4 is 5.32 Å². The molecule has 1 N–H and O–H groups in total. The van der Waals surface area contributed by atoms with Gasteiger partial charge in [0.25, 0.3) is 0 Å². The van der Waals surface area contributed by atoms with Gasteiger partial charge in [0.15, 0.2) is 0 Å². The lowest BCUT2D eigenvalue weighted by Gasteiger charge is -2.14. The van der Waals surface area contributed by atoms with Crippen molar-refractivity contribution in [2.75, 3.05) is 5.32 Å². The summed E-state index contributed by atoms with van der Waals surface area (Å²) in [6, 6.07) is 17.9. The largest absolute Gasteiger partial charge is 0.358 e. The van der Waals surface area contributed by atoms with Gasteiger partial charge in [-0.15, -0.1) is 0 Å². The van der Waals surface area contributed by atoms with Crippen molar-refractivity contribution in [2.24, 2.45) is 0 Å². The summed E-state index contributed by atoms with van der Waals surface area (Å²) in [7, 11) is 0. The van der Waals surface area contributed by atoms with Gasteiger partial charge in [-0.2, -0.15) is 5.26 Å². The van der Waals surface area contributed by atoms with Gasteiger partial charge in [0.2, 0.25) is 0 Å². The molecule has 2 aromatic rings. The topological polar surface area (TPSA) is 35.8 Å². The Morgan fingerprint density at radius 1 is 1.09 bits per heavy atom. The van der Waals surface area contributed by atoms with Crippen LogP contribution in [0.5, 0.6) is 0 Å². The smallest absolute Gasteiger partial charge is 0.102 e. The molecule has 0 aliphatic rings. The van der Waals surface area contributed by atoms with E-state index in [1.165, 1.54) is 5.56 Å². The van der Waals surface area contributed by atoms with Gasteiger partial charge in [0.05, 0.1) is 5.57 Å². The number of benzene rings is 2. The van der Waals surface area contributed by atoms with Crippen LogP contribution in [0.15, 0.2) is 54.2 Å². The highest BCUT2D eigenvalue weighted by molar-refractivity contribution is 6.30. The predicted molar refractivity (Wildman–Crippen MR) is 93.7 cm³/mol. The van der Waals surface area contributed by atoms with Crippen LogP contribution in [0.25, 0.3) is 5.57 Å². The van der Waals surface area contributed by atoms with Gasteiger partial charge in [-0.25, -0.2) is 0 Å². The molecule has 0 atom stereocenters. The molecular weight excluding hydrogens is 292 g/mol. The van der Waals surface area contributed by atoms with E-state index in [4.69, 9.17) is 11.6 Å². The second kappa shape index (κ2) is 7.68. The fraction of sp³-hybridized carbons (Fsp3) is 0.211. The van der Waals surface area contributed by atoms with Crippen LogP contribution in [-0.4, -0.2) is 0 Å². The number of rotatable bonds is 5. The molecule has 2 nitrogen and oxygen atoms in total. The fourth-order valence-electron chi connectivity index (χ4n) is 2.23. The average molecular weight is 311 g/mol. The molecule has 0 radical (unpaired) electrons. The third-order valence-corrected chi connectivity index (χ3v) is 3.65. The van der Waals surface area contributed by atoms with E-state index in [1.54, 1.807) is 0 Å². The van der Waals surface area contributed by atoms with E-state index in [0.29, 0.717) is 10.6 Å². The Labute approximate surface area is 137 Å². The van der Waals surface area contributed by atoms with Crippen LogP contribution in [0.1, 0.15) is 30.9 Å². The molecular formula is C19H19ClN2. The first kappa shape index (κ1) is 16.1. The quantitative estimate of drug-likeness (QED) is 0.709. The number of allylic oxidation sites excluding steroid dienone is 2. The van der Waals surface area contributed by atoms with E-state index in [9.17, 15) is 5.26 Å². The van der Waals surface area contributed by atoms with E-state index >= 15 is 0 Å². The number of hydrogen-bond donors (Lipinski definition) is 1. The lowest BCUT2D eigenvalue weighted by atomic mass is 10.0. The van der Waals surface area contributed by atoms with E-state index in [1.807, 2.05) is 36.4 Å². The SMILES string of the molecule is CCCC(Nc1ccc(C)cc1)=C(C#N)c1ccc(Cl)cc1. The maximum Gasteiger partial charge on any atom is 0.102 e. The summed E-state index contributed by atoms with van der Waals surface area (Å²) in [6.45, 7) is 4.16. The van der Waals surface area contributed by atoms with Gasteiger partial charge in [-0.05, 0) is 43.2 Å². The highest BCUT2D eigenvalue weighted by Gasteiger charge is 2.09. The first-order valence-electron chi connectivity index (χ1n) is 7.37. The van der Waals surface area contributed by atoms with Crippen LogP contribution in [0.4, 0.5) is 5.69 Å². The number of nitrogens with zero attached hydrogens (tertiary/aromatic N) is 1. The van der Waals surface area contributed by atoms with Crippen molar-refractivity contribution in [1.82, 2.24) is 0 Å². The summed E-state index contributed by atoms with van der Waals surface area (Å²) < 4.78 is 0. The third-order valence-electron chi connectivity index (χ3n) is 3.39. The number of nitrogens with one attached hydrogen (secondary N) is 1. The second-order valence-corrected chi connectivity index (χ2v) is 5.65. The molecule has 0 heterocycles. The Hall–Kier alpha value is -2.24. The predicted octanol–water partition coefficient (Wildman–Crippen LogP) is 5.80. The molecule has 0 aromatic heterocycles. The summed E-state index contributed by atoms with van der Waals surface area (Å²) in [4.78, 5) is 0. The van der Waals surface area contributed by atoms with Crippen molar-refractivity contribution >= 4 is 22.9 Å². The van der Waals surface area contributed by atoms with Crippen molar-refractivity contribution in [3.8, 4) is 6.07 Å². The third kappa shape index (κ3) is 4.13. The standard InChI is InChI=1S/C19H19ClN2/c1-3-4-19(22-17-11-5-14(2)6-12-17)18(13-21)15-7-9-16(20)10-8-15/h5-12,22H,3-4H2,1-2H3. The Bertz CT molecular complexity index is 692. The molecule has 2 rings (SSSR count). The lowest BCUT2D eigenvalue weighted by Crippen LogP contribution is -2.03. The molecule has 0 aliphatic carbocycles. The van der Waals surface area contributed by atoms with Gasteiger partial charge < -0.3 is 5.32 Å². The van der Waals surface area contributed by atoms with Crippen LogP contribution in [0.3, 0.4) is 0 Å². The number of aryl methyl sites for hydroxylation is 1. The Morgan fingerprint density at radius 3 is 2.27 bits per heavy atom. The highest BCUT2D eigenvalue weighted by Crippen LogP contribution is 2.24. The minimum atomic E-state index is 0.666. The highest BCUT2D eigenvalue weighted by atomic mass is 35.5. The molecule has 0 saturated carbocycles. The Kier molecular flexibility index (Phi) is 5.63. The number of nitriles is 1. The lowest BCUT2D eigenvalue weighted by molar-refractivity contribution is 0.912. The molecule has 0 saturated heterocycles. The zero-order valence-corrected chi connectivity index (χ0v) is 13.6. The summed E-state index contributed by atoms with van der Waals surface area (Å²) in [5.74, 6) is 0. The van der Waals surface area contributed by atoms with Crippen LogP contribution >= 0.6 is 11.6 Å². The van der Waals surface area contributed by atoms with E-state index in [0.717, 1.165) is 29.8 Å². The average Bonchev–Trinajstić information content (AvgIpc) is 2.52. The minimum absolute atomic E-state index is 0.666. The molecule has 0 spiro atoms. The number of hydrogen-bond acceptors (Lipinski definition) is 2. The molecule has 112 valence electrons. The normalized spacial score (nSPS) is 11.5. The monoisotopic (exact) mass is 310 g/mol. The van der Waals surface area contributed by atoms with Gasteiger partial charge >= 0.3 is 0 Å².